The largest absolute Gasteiger partial charge is 0.394 e. The van der Waals surface area contributed by atoms with Gasteiger partial charge >= 0.3 is 0 Å². The van der Waals surface area contributed by atoms with E-state index in [9.17, 15) is 5.11 Å². The highest BCUT2D eigenvalue weighted by Crippen LogP contribution is 2.28. The summed E-state index contributed by atoms with van der Waals surface area (Å²) in [6.45, 7) is 4.89. The number of anilines is 2. The molecule has 4 heterocycles. The number of aromatic nitrogens is 4. The molecule has 0 aromatic carbocycles. The summed E-state index contributed by atoms with van der Waals surface area (Å²) in [4.78, 5) is 17.9. The molecule has 8 nitrogen and oxygen atoms in total. The highest BCUT2D eigenvalue weighted by atomic mass is 16.5. The van der Waals surface area contributed by atoms with Gasteiger partial charge in [-0.25, -0.2) is 9.97 Å². The fraction of sp³-hybridized carbons (Fsp3) is 0.684. The maximum atomic E-state index is 9.70. The van der Waals surface area contributed by atoms with Crippen LogP contribution in [0.5, 0.6) is 0 Å². The molecule has 4 rings (SSSR count). The second-order valence-corrected chi connectivity index (χ2v) is 7.65. The van der Waals surface area contributed by atoms with Gasteiger partial charge < -0.3 is 19.4 Å². The minimum absolute atomic E-state index is 0.164. The lowest BCUT2D eigenvalue weighted by Gasteiger charge is -2.37. The number of rotatable bonds is 5. The van der Waals surface area contributed by atoms with Gasteiger partial charge in [-0.2, -0.15) is 4.98 Å². The highest BCUT2D eigenvalue weighted by Gasteiger charge is 2.26. The van der Waals surface area contributed by atoms with Gasteiger partial charge in [0.05, 0.1) is 12.6 Å². The Balaban J connectivity index is 1.46. The van der Waals surface area contributed by atoms with Gasteiger partial charge in [0, 0.05) is 39.0 Å². The molecule has 2 aliphatic heterocycles. The number of nitrogens with zero attached hydrogens (tertiary/aromatic N) is 6. The van der Waals surface area contributed by atoms with Crippen molar-refractivity contribution in [1.82, 2.24) is 20.1 Å². The van der Waals surface area contributed by atoms with Crippen molar-refractivity contribution in [1.29, 1.82) is 0 Å². The molecule has 146 valence electrons. The van der Waals surface area contributed by atoms with Crippen molar-refractivity contribution >= 4 is 11.6 Å². The summed E-state index contributed by atoms with van der Waals surface area (Å²) in [6, 6.07) is 2.24. The Kier molecular flexibility index (Phi) is 5.52. The quantitative estimate of drug-likeness (QED) is 0.852. The molecule has 0 saturated carbocycles. The maximum Gasteiger partial charge on any atom is 0.223 e. The molecule has 1 N–H and O–H groups in total. The fourth-order valence-electron chi connectivity index (χ4n) is 4.28. The molecule has 0 radical (unpaired) electrons. The third-order valence-corrected chi connectivity index (χ3v) is 5.65. The van der Waals surface area contributed by atoms with Gasteiger partial charge in [0.25, 0.3) is 0 Å². The van der Waals surface area contributed by atoms with E-state index in [1.165, 1.54) is 12.8 Å². The fourth-order valence-corrected chi connectivity index (χ4v) is 4.28. The van der Waals surface area contributed by atoms with Crippen molar-refractivity contribution in [3.8, 4) is 0 Å². The number of piperidine rings is 2. The van der Waals surface area contributed by atoms with Crippen molar-refractivity contribution in [2.24, 2.45) is 5.92 Å². The van der Waals surface area contributed by atoms with Crippen LogP contribution in [0.25, 0.3) is 0 Å². The average Bonchev–Trinajstić information content (AvgIpc) is 3.13. The number of hydrogen-bond acceptors (Lipinski definition) is 8. The van der Waals surface area contributed by atoms with E-state index >= 15 is 0 Å². The number of aryl methyl sites for hydroxylation is 1. The van der Waals surface area contributed by atoms with Crippen LogP contribution in [0.3, 0.4) is 0 Å². The first kappa shape index (κ1) is 18.2. The van der Waals surface area contributed by atoms with Gasteiger partial charge in [0.1, 0.15) is 18.0 Å². The van der Waals surface area contributed by atoms with Crippen molar-refractivity contribution in [3.05, 3.63) is 24.1 Å². The van der Waals surface area contributed by atoms with E-state index in [2.05, 4.69) is 36.0 Å². The third-order valence-electron chi connectivity index (χ3n) is 5.65. The molecule has 2 fully saturated rings. The summed E-state index contributed by atoms with van der Waals surface area (Å²) in [5.41, 5.74) is 0. The van der Waals surface area contributed by atoms with Crippen molar-refractivity contribution in [3.63, 3.8) is 0 Å². The SMILES string of the molecule is Cc1nc(CC2CCCN(c3cc(N4CCCCC4CO)ncn3)C2)no1. The van der Waals surface area contributed by atoms with E-state index in [0.29, 0.717) is 11.8 Å². The second-order valence-electron chi connectivity index (χ2n) is 7.65. The highest BCUT2D eigenvalue weighted by molar-refractivity contribution is 5.51. The molecular formula is C19H28N6O2. The lowest BCUT2D eigenvalue weighted by atomic mass is 9.94. The van der Waals surface area contributed by atoms with E-state index in [1.54, 1.807) is 6.33 Å². The van der Waals surface area contributed by atoms with Gasteiger partial charge in [-0.1, -0.05) is 5.16 Å². The maximum absolute atomic E-state index is 9.70. The van der Waals surface area contributed by atoms with Gasteiger partial charge in [0.15, 0.2) is 5.82 Å². The zero-order valence-electron chi connectivity index (χ0n) is 15.9. The number of hydrogen-bond donors (Lipinski definition) is 1. The van der Waals surface area contributed by atoms with E-state index in [0.717, 1.165) is 62.8 Å². The summed E-state index contributed by atoms with van der Waals surface area (Å²) >= 11 is 0. The zero-order chi connectivity index (χ0) is 18.6. The number of aliphatic hydroxyl groups is 1. The average molecular weight is 372 g/mol. The molecule has 27 heavy (non-hydrogen) atoms. The molecule has 0 bridgehead atoms. The van der Waals surface area contributed by atoms with Crippen LogP contribution in [0.2, 0.25) is 0 Å². The van der Waals surface area contributed by atoms with Crippen LogP contribution in [0, 0.1) is 12.8 Å². The first-order chi connectivity index (χ1) is 13.2. The summed E-state index contributed by atoms with van der Waals surface area (Å²) < 4.78 is 5.10. The third kappa shape index (κ3) is 4.21. The summed E-state index contributed by atoms with van der Waals surface area (Å²) in [7, 11) is 0. The minimum atomic E-state index is 0.164. The molecule has 0 aliphatic carbocycles. The molecular weight excluding hydrogens is 344 g/mol. The van der Waals surface area contributed by atoms with Gasteiger partial charge in [-0.3, -0.25) is 0 Å². The van der Waals surface area contributed by atoms with E-state index in [4.69, 9.17) is 4.52 Å². The monoisotopic (exact) mass is 372 g/mol. The smallest absolute Gasteiger partial charge is 0.223 e. The first-order valence-corrected chi connectivity index (χ1v) is 9.96. The van der Waals surface area contributed by atoms with Crippen LogP contribution in [0.1, 0.15) is 43.8 Å². The van der Waals surface area contributed by atoms with Crippen molar-refractivity contribution in [2.75, 3.05) is 36.0 Å². The van der Waals surface area contributed by atoms with Crippen LogP contribution in [-0.2, 0) is 6.42 Å². The predicted molar refractivity (Wildman–Crippen MR) is 102 cm³/mol. The molecule has 2 saturated heterocycles. The van der Waals surface area contributed by atoms with Crippen LogP contribution in [-0.4, -0.2) is 57.5 Å². The van der Waals surface area contributed by atoms with E-state index < -0.39 is 0 Å². The lowest BCUT2D eigenvalue weighted by Crippen LogP contribution is -2.42. The Morgan fingerprint density at radius 2 is 2.04 bits per heavy atom. The standard InChI is InChI=1S/C19H28N6O2/c1-14-22-17(23-27-14)9-15-5-4-7-24(11-15)18-10-19(21-13-20-18)25-8-3-2-6-16(25)12-26/h10,13,15-16,26H,2-9,11-12H2,1H3. The Bertz CT molecular complexity index is 751. The zero-order valence-corrected chi connectivity index (χ0v) is 15.9. The predicted octanol–water partition coefficient (Wildman–Crippen LogP) is 1.98. The first-order valence-electron chi connectivity index (χ1n) is 9.96. The Morgan fingerprint density at radius 3 is 2.85 bits per heavy atom. The van der Waals surface area contributed by atoms with E-state index in [1.807, 2.05) is 6.92 Å². The molecule has 2 atom stereocenters. The molecule has 0 spiro atoms. The molecule has 2 unspecified atom stereocenters. The second kappa shape index (κ2) is 8.21. The molecule has 2 aliphatic rings. The molecule has 2 aromatic heterocycles. The summed E-state index contributed by atoms with van der Waals surface area (Å²) in [5, 5.41) is 13.7. The topological polar surface area (TPSA) is 91.4 Å². The van der Waals surface area contributed by atoms with Gasteiger partial charge in [0.2, 0.25) is 5.89 Å². The van der Waals surface area contributed by atoms with Gasteiger partial charge in [-0.05, 0) is 38.0 Å². The normalized spacial score (nSPS) is 23.6. The van der Waals surface area contributed by atoms with Crippen LogP contribution in [0.4, 0.5) is 11.6 Å². The van der Waals surface area contributed by atoms with Crippen LogP contribution < -0.4 is 9.80 Å². The van der Waals surface area contributed by atoms with Crippen LogP contribution >= 0.6 is 0 Å². The van der Waals surface area contributed by atoms with Gasteiger partial charge in [-0.15, -0.1) is 0 Å². The molecule has 0 amide bonds. The summed E-state index contributed by atoms with van der Waals surface area (Å²) in [5.74, 6) is 3.81. The lowest BCUT2D eigenvalue weighted by molar-refractivity contribution is 0.239. The van der Waals surface area contributed by atoms with Crippen molar-refractivity contribution < 1.29 is 9.63 Å². The van der Waals surface area contributed by atoms with Crippen molar-refractivity contribution in [2.45, 2.75) is 51.5 Å². The Morgan fingerprint density at radius 1 is 1.15 bits per heavy atom. The minimum Gasteiger partial charge on any atom is -0.394 e. The Hall–Kier alpha value is -2.22. The van der Waals surface area contributed by atoms with Crippen LogP contribution in [0.15, 0.2) is 16.9 Å². The molecule has 2 aromatic rings. The Labute approximate surface area is 159 Å². The summed E-state index contributed by atoms with van der Waals surface area (Å²) in [6.07, 6.45) is 8.12. The number of aliphatic hydroxyl groups excluding tert-OH is 1. The van der Waals surface area contributed by atoms with E-state index in [-0.39, 0.29) is 12.6 Å². The molecule has 8 heteroatoms.